The summed E-state index contributed by atoms with van der Waals surface area (Å²) in [6.45, 7) is 5.14. The van der Waals surface area contributed by atoms with Gasteiger partial charge in [0.1, 0.15) is 5.60 Å². The van der Waals surface area contributed by atoms with Gasteiger partial charge in [-0.3, -0.25) is 0 Å². The summed E-state index contributed by atoms with van der Waals surface area (Å²) in [7, 11) is 0. The van der Waals surface area contributed by atoms with Crippen LogP contribution in [-0.4, -0.2) is 34.6 Å². The van der Waals surface area contributed by atoms with Crippen LogP contribution in [0.1, 0.15) is 38.9 Å². The Kier molecular flexibility index (Phi) is 6.64. The van der Waals surface area contributed by atoms with Crippen molar-refractivity contribution >= 4 is 22.0 Å². The highest BCUT2D eigenvalue weighted by Crippen LogP contribution is 2.21. The van der Waals surface area contributed by atoms with E-state index < -0.39 is 23.8 Å². The minimum Gasteiger partial charge on any atom is -0.444 e. The quantitative estimate of drug-likeness (QED) is 0.755. The number of aliphatic hydroxyl groups excluding tert-OH is 2. The Bertz CT molecular complexity index is 456. The highest BCUT2D eigenvalue weighted by atomic mass is 79.9. The number of carbonyl (C=O) groups is 1. The molecule has 3 N–H and O–H groups in total. The molecule has 0 aromatic heterocycles. The average molecular weight is 360 g/mol. The van der Waals surface area contributed by atoms with Gasteiger partial charge in [-0.15, -0.1) is 0 Å². The first-order valence-electron chi connectivity index (χ1n) is 6.77. The van der Waals surface area contributed by atoms with E-state index in [0.29, 0.717) is 5.56 Å². The molecule has 0 saturated heterocycles. The minimum absolute atomic E-state index is 0.145. The molecule has 0 aliphatic rings. The van der Waals surface area contributed by atoms with Crippen molar-refractivity contribution in [2.75, 3.05) is 6.61 Å². The number of hydrogen-bond acceptors (Lipinski definition) is 4. The molecule has 0 aliphatic heterocycles. The first-order chi connectivity index (χ1) is 9.73. The number of halogens is 1. The fourth-order valence-electron chi connectivity index (χ4n) is 1.80. The van der Waals surface area contributed by atoms with E-state index in [0.717, 1.165) is 4.47 Å². The summed E-state index contributed by atoms with van der Waals surface area (Å²) in [5.74, 6) is 0. The van der Waals surface area contributed by atoms with Crippen LogP contribution in [0, 0.1) is 0 Å². The Balaban J connectivity index is 2.76. The fraction of sp³-hybridized carbons (Fsp3) is 0.533. The van der Waals surface area contributed by atoms with Gasteiger partial charge in [-0.05, 0) is 44.9 Å². The lowest BCUT2D eigenvalue weighted by molar-refractivity contribution is 0.0397. The lowest BCUT2D eigenvalue weighted by Gasteiger charge is -2.26. The van der Waals surface area contributed by atoms with Crippen molar-refractivity contribution in [3.8, 4) is 0 Å². The van der Waals surface area contributed by atoms with Crippen LogP contribution in [0.5, 0.6) is 0 Å². The molecule has 5 nitrogen and oxygen atoms in total. The number of aliphatic hydroxyl groups is 2. The van der Waals surface area contributed by atoms with E-state index in [9.17, 15) is 9.90 Å². The summed E-state index contributed by atoms with van der Waals surface area (Å²) in [5, 5.41) is 22.1. The molecule has 0 radical (unpaired) electrons. The molecule has 0 bridgehead atoms. The van der Waals surface area contributed by atoms with Gasteiger partial charge < -0.3 is 20.3 Å². The van der Waals surface area contributed by atoms with E-state index in [1.165, 1.54) is 0 Å². The summed E-state index contributed by atoms with van der Waals surface area (Å²) in [4.78, 5) is 11.8. The Morgan fingerprint density at radius 1 is 1.33 bits per heavy atom. The maximum absolute atomic E-state index is 11.8. The van der Waals surface area contributed by atoms with Crippen molar-refractivity contribution in [3.05, 3.63) is 34.3 Å². The van der Waals surface area contributed by atoms with Crippen molar-refractivity contribution < 1.29 is 19.7 Å². The predicted molar refractivity (Wildman–Crippen MR) is 84.0 cm³/mol. The molecule has 2 atom stereocenters. The molecule has 2 unspecified atom stereocenters. The second-order valence-corrected chi connectivity index (χ2v) is 6.68. The first kappa shape index (κ1) is 17.9. The third kappa shape index (κ3) is 6.46. The first-order valence-corrected chi connectivity index (χ1v) is 7.56. The van der Waals surface area contributed by atoms with E-state index in [-0.39, 0.29) is 13.0 Å². The van der Waals surface area contributed by atoms with Crippen molar-refractivity contribution in [1.29, 1.82) is 0 Å². The average Bonchev–Trinajstić information content (AvgIpc) is 2.36. The van der Waals surface area contributed by atoms with Gasteiger partial charge in [-0.25, -0.2) is 4.79 Å². The van der Waals surface area contributed by atoms with Crippen LogP contribution < -0.4 is 5.32 Å². The van der Waals surface area contributed by atoms with Crippen molar-refractivity contribution in [2.45, 2.75) is 44.9 Å². The Labute approximate surface area is 133 Å². The van der Waals surface area contributed by atoms with Crippen LogP contribution in [0.2, 0.25) is 0 Å². The molecule has 0 fully saturated rings. The molecule has 1 aromatic carbocycles. The largest absolute Gasteiger partial charge is 0.444 e. The summed E-state index contributed by atoms with van der Waals surface area (Å²) in [6, 6.07) is 6.52. The van der Waals surface area contributed by atoms with Gasteiger partial charge in [0, 0.05) is 11.1 Å². The smallest absolute Gasteiger partial charge is 0.407 e. The SMILES string of the molecule is CC(C)(C)OC(=O)NC(CCO)C(O)c1ccc(Br)cc1. The van der Waals surface area contributed by atoms with Gasteiger partial charge >= 0.3 is 6.09 Å². The van der Waals surface area contributed by atoms with Crippen LogP contribution in [0.15, 0.2) is 28.7 Å². The molecule has 0 heterocycles. The van der Waals surface area contributed by atoms with Crippen LogP contribution >= 0.6 is 15.9 Å². The number of hydrogen-bond donors (Lipinski definition) is 3. The fourth-order valence-corrected chi connectivity index (χ4v) is 2.06. The second-order valence-electron chi connectivity index (χ2n) is 5.76. The molecule has 0 spiro atoms. The van der Waals surface area contributed by atoms with Crippen molar-refractivity contribution in [3.63, 3.8) is 0 Å². The second kappa shape index (κ2) is 7.77. The number of amides is 1. The number of nitrogens with one attached hydrogen (secondary N) is 1. The van der Waals surface area contributed by atoms with Gasteiger partial charge in [-0.2, -0.15) is 0 Å². The number of carbonyl (C=O) groups excluding carboxylic acids is 1. The summed E-state index contributed by atoms with van der Waals surface area (Å²) < 4.78 is 6.07. The van der Waals surface area contributed by atoms with E-state index in [1.54, 1.807) is 32.9 Å². The van der Waals surface area contributed by atoms with Gasteiger partial charge in [0.2, 0.25) is 0 Å². The zero-order valence-corrected chi connectivity index (χ0v) is 14.1. The molecule has 6 heteroatoms. The molecule has 118 valence electrons. The maximum atomic E-state index is 11.8. The summed E-state index contributed by atoms with van der Waals surface area (Å²) in [5.41, 5.74) is 0.0452. The zero-order valence-electron chi connectivity index (χ0n) is 12.5. The van der Waals surface area contributed by atoms with Crippen LogP contribution in [0.3, 0.4) is 0 Å². The number of ether oxygens (including phenoxy) is 1. The van der Waals surface area contributed by atoms with Gasteiger partial charge in [0.15, 0.2) is 0 Å². The molecule has 0 saturated carbocycles. The van der Waals surface area contributed by atoms with Crippen LogP contribution in [0.4, 0.5) is 4.79 Å². The van der Waals surface area contributed by atoms with E-state index in [1.807, 2.05) is 12.1 Å². The molecule has 0 aliphatic carbocycles. The van der Waals surface area contributed by atoms with Crippen LogP contribution in [-0.2, 0) is 4.74 Å². The molecule has 1 amide bonds. The summed E-state index contributed by atoms with van der Waals surface area (Å²) >= 11 is 3.32. The normalized spacial score (nSPS) is 14.4. The van der Waals surface area contributed by atoms with Gasteiger partial charge in [-0.1, -0.05) is 28.1 Å². The molecule has 1 aromatic rings. The Morgan fingerprint density at radius 2 is 1.90 bits per heavy atom. The monoisotopic (exact) mass is 359 g/mol. The Morgan fingerprint density at radius 3 is 2.38 bits per heavy atom. The minimum atomic E-state index is -0.919. The molecular formula is C15H22BrNO4. The topological polar surface area (TPSA) is 78.8 Å². The predicted octanol–water partition coefficient (Wildman–Crippen LogP) is 2.76. The van der Waals surface area contributed by atoms with E-state index >= 15 is 0 Å². The van der Waals surface area contributed by atoms with E-state index in [4.69, 9.17) is 9.84 Å². The highest BCUT2D eigenvalue weighted by Gasteiger charge is 2.25. The third-order valence-corrected chi connectivity index (χ3v) is 3.26. The van der Waals surface area contributed by atoms with E-state index in [2.05, 4.69) is 21.2 Å². The zero-order chi connectivity index (χ0) is 16.0. The molecule has 1 rings (SSSR count). The van der Waals surface area contributed by atoms with Gasteiger partial charge in [0.05, 0.1) is 12.1 Å². The van der Waals surface area contributed by atoms with Crippen LogP contribution in [0.25, 0.3) is 0 Å². The maximum Gasteiger partial charge on any atom is 0.407 e. The van der Waals surface area contributed by atoms with Gasteiger partial charge in [0.25, 0.3) is 0 Å². The summed E-state index contributed by atoms with van der Waals surface area (Å²) in [6.07, 6.45) is -1.30. The lowest BCUT2D eigenvalue weighted by atomic mass is 10.0. The molecular weight excluding hydrogens is 338 g/mol. The molecule has 21 heavy (non-hydrogen) atoms. The Hall–Kier alpha value is -1.11. The number of benzene rings is 1. The van der Waals surface area contributed by atoms with Crippen molar-refractivity contribution in [1.82, 2.24) is 5.32 Å². The van der Waals surface area contributed by atoms with Crippen molar-refractivity contribution in [2.24, 2.45) is 0 Å². The standard InChI is InChI=1S/C15H22BrNO4/c1-15(2,3)21-14(20)17-12(8-9-18)13(19)10-4-6-11(16)7-5-10/h4-7,12-13,18-19H,8-9H2,1-3H3,(H,17,20). The number of alkyl carbamates (subject to hydrolysis) is 1. The highest BCUT2D eigenvalue weighted by molar-refractivity contribution is 9.10. The lowest BCUT2D eigenvalue weighted by Crippen LogP contribution is -2.42. The third-order valence-electron chi connectivity index (χ3n) is 2.73. The number of rotatable bonds is 5.